The topological polar surface area (TPSA) is 38.3 Å². The minimum atomic E-state index is -0.281. The van der Waals surface area contributed by atoms with Crippen molar-refractivity contribution in [3.8, 4) is 0 Å². The van der Waals surface area contributed by atoms with Crippen molar-refractivity contribution in [1.29, 1.82) is 0 Å². The van der Waals surface area contributed by atoms with Crippen LogP contribution in [-0.4, -0.2) is 18.6 Å². The van der Waals surface area contributed by atoms with E-state index in [1.54, 1.807) is 0 Å². The third kappa shape index (κ3) is 2.22. The number of anilines is 1. The number of nitrogens with one attached hydrogen (secondary N) is 1. The molecular weight excluding hydrogens is 226 g/mol. The van der Waals surface area contributed by atoms with Crippen molar-refractivity contribution in [3.05, 3.63) is 42.5 Å². The van der Waals surface area contributed by atoms with Crippen LogP contribution in [0.3, 0.4) is 0 Å². The molecule has 1 aliphatic rings. The van der Waals surface area contributed by atoms with Gasteiger partial charge in [0.05, 0.1) is 0 Å². The highest BCUT2D eigenvalue weighted by atomic mass is 16.5. The molecule has 1 fully saturated rings. The van der Waals surface area contributed by atoms with Crippen LogP contribution in [0.4, 0.5) is 5.69 Å². The number of fused-ring (bicyclic) bond motifs is 1. The van der Waals surface area contributed by atoms with Gasteiger partial charge in [0.15, 0.2) is 0 Å². The van der Waals surface area contributed by atoms with E-state index in [1.165, 1.54) is 5.39 Å². The summed E-state index contributed by atoms with van der Waals surface area (Å²) < 4.78 is 5.36. The lowest BCUT2D eigenvalue weighted by Gasteiger charge is -2.10. The van der Waals surface area contributed by atoms with E-state index in [2.05, 4.69) is 11.4 Å². The van der Waals surface area contributed by atoms with Gasteiger partial charge in [-0.15, -0.1) is 0 Å². The summed E-state index contributed by atoms with van der Waals surface area (Å²) >= 11 is 0. The second-order valence-corrected chi connectivity index (χ2v) is 4.55. The Bertz CT molecular complexity index is 573. The molecular formula is C15H15NO2. The molecule has 92 valence electrons. The Morgan fingerprint density at radius 1 is 1.17 bits per heavy atom. The fourth-order valence-corrected chi connectivity index (χ4v) is 2.27. The molecule has 2 aromatic carbocycles. The van der Waals surface area contributed by atoms with Gasteiger partial charge in [-0.1, -0.05) is 30.3 Å². The van der Waals surface area contributed by atoms with Crippen LogP contribution in [0.1, 0.15) is 12.8 Å². The van der Waals surface area contributed by atoms with Crippen LogP contribution in [0.15, 0.2) is 42.5 Å². The summed E-state index contributed by atoms with van der Waals surface area (Å²) in [7, 11) is 0. The van der Waals surface area contributed by atoms with E-state index < -0.39 is 0 Å². The second kappa shape index (κ2) is 4.78. The summed E-state index contributed by atoms with van der Waals surface area (Å²) in [6.07, 6.45) is 1.51. The highest BCUT2D eigenvalue weighted by molar-refractivity contribution is 5.96. The monoisotopic (exact) mass is 241 g/mol. The number of carbonyl (C=O) groups excluding carboxylic acids is 1. The molecule has 3 rings (SSSR count). The summed E-state index contributed by atoms with van der Waals surface area (Å²) in [4.78, 5) is 11.9. The summed E-state index contributed by atoms with van der Waals surface area (Å²) in [6, 6.07) is 14.0. The Hall–Kier alpha value is -1.87. The number of hydrogen-bond acceptors (Lipinski definition) is 2. The predicted octanol–water partition coefficient (Wildman–Crippen LogP) is 2.96. The highest BCUT2D eigenvalue weighted by Crippen LogP contribution is 2.20. The molecule has 1 aliphatic heterocycles. The maximum Gasteiger partial charge on any atom is 0.253 e. The van der Waals surface area contributed by atoms with Crippen molar-refractivity contribution in [2.24, 2.45) is 0 Å². The minimum Gasteiger partial charge on any atom is -0.368 e. The van der Waals surface area contributed by atoms with E-state index in [0.717, 1.165) is 23.9 Å². The molecule has 0 saturated carbocycles. The summed E-state index contributed by atoms with van der Waals surface area (Å²) in [5.41, 5.74) is 0.828. The molecule has 0 bridgehead atoms. The van der Waals surface area contributed by atoms with Crippen LogP contribution < -0.4 is 5.32 Å². The molecule has 2 aromatic rings. The number of amides is 1. The van der Waals surface area contributed by atoms with Crippen LogP contribution in [0.2, 0.25) is 0 Å². The maximum atomic E-state index is 11.9. The average molecular weight is 241 g/mol. The van der Waals surface area contributed by atoms with Crippen LogP contribution in [0.5, 0.6) is 0 Å². The third-order valence-electron chi connectivity index (χ3n) is 3.24. The third-order valence-corrected chi connectivity index (χ3v) is 3.24. The van der Waals surface area contributed by atoms with E-state index in [0.29, 0.717) is 6.61 Å². The lowest BCUT2D eigenvalue weighted by molar-refractivity contribution is -0.124. The molecule has 3 nitrogen and oxygen atoms in total. The van der Waals surface area contributed by atoms with Crippen molar-refractivity contribution in [1.82, 2.24) is 0 Å². The van der Waals surface area contributed by atoms with Crippen LogP contribution in [0.25, 0.3) is 10.8 Å². The molecule has 0 radical (unpaired) electrons. The van der Waals surface area contributed by atoms with E-state index in [-0.39, 0.29) is 12.0 Å². The van der Waals surface area contributed by atoms with Gasteiger partial charge in [-0.25, -0.2) is 0 Å². The quantitative estimate of drug-likeness (QED) is 0.877. The van der Waals surface area contributed by atoms with Crippen molar-refractivity contribution < 1.29 is 9.53 Å². The molecule has 0 spiro atoms. The van der Waals surface area contributed by atoms with Gasteiger partial charge >= 0.3 is 0 Å². The smallest absolute Gasteiger partial charge is 0.253 e. The van der Waals surface area contributed by atoms with Gasteiger partial charge in [-0.3, -0.25) is 4.79 Å². The predicted molar refractivity (Wildman–Crippen MR) is 71.6 cm³/mol. The molecule has 1 saturated heterocycles. The van der Waals surface area contributed by atoms with Gasteiger partial charge in [0.25, 0.3) is 5.91 Å². The fourth-order valence-electron chi connectivity index (χ4n) is 2.27. The zero-order valence-electron chi connectivity index (χ0n) is 10.1. The number of rotatable bonds is 2. The SMILES string of the molecule is O=C(Nc1ccc2ccccc2c1)C1CCCO1. The second-order valence-electron chi connectivity index (χ2n) is 4.55. The van der Waals surface area contributed by atoms with Crippen molar-refractivity contribution >= 4 is 22.4 Å². The van der Waals surface area contributed by atoms with Crippen molar-refractivity contribution in [3.63, 3.8) is 0 Å². The Morgan fingerprint density at radius 2 is 2.00 bits per heavy atom. The van der Waals surface area contributed by atoms with Gasteiger partial charge in [-0.05, 0) is 35.7 Å². The van der Waals surface area contributed by atoms with Gasteiger partial charge < -0.3 is 10.1 Å². The molecule has 3 heteroatoms. The van der Waals surface area contributed by atoms with E-state index in [9.17, 15) is 4.79 Å². The van der Waals surface area contributed by atoms with Crippen molar-refractivity contribution in [2.45, 2.75) is 18.9 Å². The molecule has 1 amide bonds. The Kier molecular flexibility index (Phi) is 2.99. The van der Waals surface area contributed by atoms with Crippen molar-refractivity contribution in [2.75, 3.05) is 11.9 Å². The average Bonchev–Trinajstić information content (AvgIpc) is 2.92. The molecule has 1 N–H and O–H groups in total. The fraction of sp³-hybridized carbons (Fsp3) is 0.267. The first kappa shape index (κ1) is 11.2. The van der Waals surface area contributed by atoms with Crippen LogP contribution in [0, 0.1) is 0 Å². The van der Waals surface area contributed by atoms with Gasteiger partial charge in [0.2, 0.25) is 0 Å². The van der Waals surface area contributed by atoms with Gasteiger partial charge in [-0.2, -0.15) is 0 Å². The zero-order chi connectivity index (χ0) is 12.4. The van der Waals surface area contributed by atoms with Crippen LogP contribution >= 0.6 is 0 Å². The zero-order valence-corrected chi connectivity index (χ0v) is 10.1. The summed E-state index contributed by atoms with van der Waals surface area (Å²) in [5, 5.41) is 5.21. The lowest BCUT2D eigenvalue weighted by atomic mass is 10.1. The number of ether oxygens (including phenoxy) is 1. The van der Waals surface area contributed by atoms with Gasteiger partial charge in [0, 0.05) is 12.3 Å². The molecule has 1 atom stereocenters. The first-order valence-corrected chi connectivity index (χ1v) is 6.24. The molecule has 18 heavy (non-hydrogen) atoms. The first-order chi connectivity index (χ1) is 8.83. The Labute approximate surface area is 106 Å². The summed E-state index contributed by atoms with van der Waals surface area (Å²) in [5.74, 6) is -0.0391. The minimum absolute atomic E-state index is 0.0391. The Morgan fingerprint density at radius 3 is 2.78 bits per heavy atom. The summed E-state index contributed by atoms with van der Waals surface area (Å²) in [6.45, 7) is 0.690. The first-order valence-electron chi connectivity index (χ1n) is 6.24. The maximum absolute atomic E-state index is 11.9. The van der Waals surface area contributed by atoms with E-state index in [1.807, 2.05) is 36.4 Å². The van der Waals surface area contributed by atoms with Crippen LogP contribution in [-0.2, 0) is 9.53 Å². The molecule has 0 aromatic heterocycles. The molecule has 1 unspecified atom stereocenters. The highest BCUT2D eigenvalue weighted by Gasteiger charge is 2.23. The molecule has 1 heterocycles. The lowest BCUT2D eigenvalue weighted by Crippen LogP contribution is -2.26. The largest absolute Gasteiger partial charge is 0.368 e. The van der Waals surface area contributed by atoms with Gasteiger partial charge in [0.1, 0.15) is 6.10 Å². The van der Waals surface area contributed by atoms with E-state index in [4.69, 9.17) is 4.74 Å². The Balaban J connectivity index is 1.79. The number of hydrogen-bond donors (Lipinski definition) is 1. The molecule has 0 aliphatic carbocycles. The normalized spacial score (nSPS) is 19.0. The number of benzene rings is 2. The standard InChI is InChI=1S/C15H15NO2/c17-15(14-6-3-9-18-14)16-13-8-7-11-4-1-2-5-12(11)10-13/h1-2,4-5,7-8,10,14H,3,6,9H2,(H,16,17). The van der Waals surface area contributed by atoms with E-state index >= 15 is 0 Å². The number of carbonyl (C=O) groups is 1.